The topological polar surface area (TPSA) is 90.3 Å². The second-order valence-corrected chi connectivity index (χ2v) is 7.98. The van der Waals surface area contributed by atoms with E-state index in [1.807, 2.05) is 13.8 Å². The first-order chi connectivity index (χ1) is 13.8. The normalized spacial score (nSPS) is 10.9. The highest BCUT2D eigenvalue weighted by Crippen LogP contribution is 2.33. The number of anilines is 1. The Kier molecular flexibility index (Phi) is 6.04. The first-order valence-electron chi connectivity index (χ1n) is 9.07. The Hall–Kier alpha value is -2.71. The van der Waals surface area contributed by atoms with Gasteiger partial charge in [-0.3, -0.25) is 14.3 Å². The molecule has 1 amide bonds. The van der Waals surface area contributed by atoms with Crippen LogP contribution in [0.2, 0.25) is 5.02 Å². The van der Waals surface area contributed by atoms with Crippen LogP contribution in [0.5, 0.6) is 0 Å². The van der Waals surface area contributed by atoms with Gasteiger partial charge in [-0.05, 0) is 51.5 Å². The number of halogens is 1. The molecule has 1 N–H and O–H groups in total. The molecule has 2 aromatic heterocycles. The first-order valence-corrected chi connectivity index (χ1v) is 10.3. The van der Waals surface area contributed by atoms with Gasteiger partial charge in [-0.25, -0.2) is 4.79 Å². The van der Waals surface area contributed by atoms with E-state index in [-0.39, 0.29) is 12.3 Å². The molecule has 0 radical (unpaired) electrons. The Morgan fingerprint density at radius 3 is 2.66 bits per heavy atom. The number of nitrogens with one attached hydrogen (secondary N) is 1. The quantitative estimate of drug-likeness (QED) is 0.609. The van der Waals surface area contributed by atoms with E-state index in [2.05, 4.69) is 10.4 Å². The molecule has 0 spiro atoms. The first kappa shape index (κ1) is 21.0. The Balaban J connectivity index is 2.08. The zero-order valence-corrected chi connectivity index (χ0v) is 18.0. The van der Waals surface area contributed by atoms with Crippen LogP contribution in [0, 0.1) is 13.8 Å². The Morgan fingerprint density at radius 1 is 1.28 bits per heavy atom. The van der Waals surface area contributed by atoms with E-state index in [1.54, 1.807) is 30.7 Å². The lowest BCUT2D eigenvalue weighted by molar-refractivity contribution is 0.0527. The average Bonchev–Trinajstić information content (AvgIpc) is 2.96. The van der Waals surface area contributed by atoms with Gasteiger partial charge in [0.2, 0.25) is 5.43 Å². The lowest BCUT2D eigenvalue weighted by Crippen LogP contribution is -2.27. The van der Waals surface area contributed by atoms with Gasteiger partial charge in [-0.15, -0.1) is 11.3 Å². The van der Waals surface area contributed by atoms with Gasteiger partial charge in [-0.2, -0.15) is 5.10 Å². The Morgan fingerprint density at radius 2 is 2.00 bits per heavy atom. The molecule has 0 fully saturated rings. The third-order valence-corrected chi connectivity index (χ3v) is 5.88. The number of hydrogen-bond donors (Lipinski definition) is 1. The van der Waals surface area contributed by atoms with Crippen LogP contribution in [0.3, 0.4) is 0 Å². The second-order valence-electron chi connectivity index (χ2n) is 6.32. The summed E-state index contributed by atoms with van der Waals surface area (Å²) >= 11 is 7.28. The molecule has 29 heavy (non-hydrogen) atoms. The lowest BCUT2D eigenvalue weighted by atomic mass is 10.1. The molecule has 0 aliphatic carbocycles. The van der Waals surface area contributed by atoms with Crippen LogP contribution in [0.1, 0.15) is 45.1 Å². The van der Waals surface area contributed by atoms with E-state index < -0.39 is 17.3 Å². The standard InChI is InChI=1S/C20H20ClN3O4S/c1-5-24-14-8-7-12(21)9-13(14)17(25)16(23-24)18(26)22-19-15(20(27)28-6-2)10(3)11(4)29-19/h7-9H,5-6H2,1-4H3,(H,22,26). The zero-order valence-electron chi connectivity index (χ0n) is 16.5. The van der Waals surface area contributed by atoms with E-state index in [4.69, 9.17) is 16.3 Å². The maximum absolute atomic E-state index is 12.9. The Labute approximate surface area is 176 Å². The lowest BCUT2D eigenvalue weighted by Gasteiger charge is -2.11. The zero-order chi connectivity index (χ0) is 21.3. The van der Waals surface area contributed by atoms with Crippen molar-refractivity contribution in [3.63, 3.8) is 0 Å². The van der Waals surface area contributed by atoms with Crippen LogP contribution in [-0.4, -0.2) is 28.3 Å². The summed E-state index contributed by atoms with van der Waals surface area (Å²) in [4.78, 5) is 39.0. The number of rotatable bonds is 5. The van der Waals surface area contributed by atoms with Crippen molar-refractivity contribution in [2.45, 2.75) is 34.2 Å². The van der Waals surface area contributed by atoms with Crippen molar-refractivity contribution in [1.29, 1.82) is 0 Å². The third kappa shape index (κ3) is 3.90. The van der Waals surface area contributed by atoms with E-state index in [0.717, 1.165) is 10.4 Å². The number of aryl methyl sites for hydroxylation is 2. The van der Waals surface area contributed by atoms with Crippen LogP contribution in [0.25, 0.3) is 10.9 Å². The fourth-order valence-electron chi connectivity index (χ4n) is 2.98. The van der Waals surface area contributed by atoms with E-state index in [9.17, 15) is 14.4 Å². The maximum atomic E-state index is 12.9. The number of hydrogen-bond acceptors (Lipinski definition) is 6. The van der Waals surface area contributed by atoms with Gasteiger partial charge >= 0.3 is 5.97 Å². The maximum Gasteiger partial charge on any atom is 0.341 e. The number of amides is 1. The van der Waals surface area contributed by atoms with Gasteiger partial charge in [0.15, 0.2) is 5.69 Å². The van der Waals surface area contributed by atoms with Crippen molar-refractivity contribution in [2.24, 2.45) is 0 Å². The molecule has 7 nitrogen and oxygen atoms in total. The average molecular weight is 434 g/mol. The van der Waals surface area contributed by atoms with Gasteiger partial charge < -0.3 is 10.1 Å². The third-order valence-electron chi connectivity index (χ3n) is 4.52. The summed E-state index contributed by atoms with van der Waals surface area (Å²) in [6.07, 6.45) is 0. The molecule has 0 unspecified atom stereocenters. The van der Waals surface area contributed by atoms with Crippen LogP contribution >= 0.6 is 22.9 Å². The number of aromatic nitrogens is 2. The summed E-state index contributed by atoms with van der Waals surface area (Å²) in [7, 11) is 0. The fourth-order valence-corrected chi connectivity index (χ4v) is 4.19. The number of benzene rings is 1. The summed E-state index contributed by atoms with van der Waals surface area (Å²) in [5.41, 5.74) is 0.830. The molecule has 0 saturated heterocycles. The van der Waals surface area contributed by atoms with Gasteiger partial charge in [0, 0.05) is 16.4 Å². The molecule has 0 atom stereocenters. The monoisotopic (exact) mass is 433 g/mol. The molecule has 9 heteroatoms. The molecule has 3 aromatic rings. The molecular weight excluding hydrogens is 414 g/mol. The minimum atomic E-state index is -0.689. The highest BCUT2D eigenvalue weighted by atomic mass is 35.5. The van der Waals surface area contributed by atoms with Gasteiger partial charge in [0.25, 0.3) is 5.91 Å². The van der Waals surface area contributed by atoms with Crippen molar-refractivity contribution in [1.82, 2.24) is 9.78 Å². The number of esters is 1. The molecule has 152 valence electrons. The van der Waals surface area contributed by atoms with Gasteiger partial charge in [0.05, 0.1) is 23.1 Å². The number of nitrogens with zero attached hydrogens (tertiary/aromatic N) is 2. The van der Waals surface area contributed by atoms with Gasteiger partial charge in [-0.1, -0.05) is 11.6 Å². The molecular formula is C20H20ClN3O4S. The van der Waals surface area contributed by atoms with Crippen molar-refractivity contribution in [3.05, 3.63) is 55.1 Å². The minimum absolute atomic E-state index is 0.217. The molecule has 1 aromatic carbocycles. The predicted octanol–water partition coefficient (Wildman–Crippen LogP) is 4.18. The molecule has 0 aliphatic heterocycles. The van der Waals surface area contributed by atoms with E-state index >= 15 is 0 Å². The molecule has 0 saturated carbocycles. The summed E-state index contributed by atoms with van der Waals surface area (Å²) < 4.78 is 6.67. The molecule has 3 rings (SSSR count). The number of carbonyl (C=O) groups excluding carboxylic acids is 2. The van der Waals surface area contributed by atoms with Crippen LogP contribution in [0.4, 0.5) is 5.00 Å². The summed E-state index contributed by atoms with van der Waals surface area (Å²) in [6.45, 7) is 7.88. The van der Waals surface area contributed by atoms with Crippen molar-refractivity contribution in [3.8, 4) is 0 Å². The molecule has 0 bridgehead atoms. The number of fused-ring (bicyclic) bond motifs is 1. The van der Waals surface area contributed by atoms with E-state index in [0.29, 0.717) is 33.0 Å². The van der Waals surface area contributed by atoms with Crippen molar-refractivity contribution >= 4 is 50.7 Å². The minimum Gasteiger partial charge on any atom is -0.462 e. The smallest absolute Gasteiger partial charge is 0.341 e. The fraction of sp³-hybridized carbons (Fsp3) is 0.300. The van der Waals surface area contributed by atoms with Crippen LogP contribution in [-0.2, 0) is 11.3 Å². The van der Waals surface area contributed by atoms with Crippen LogP contribution in [0.15, 0.2) is 23.0 Å². The summed E-state index contributed by atoms with van der Waals surface area (Å²) in [5.74, 6) is -1.21. The highest BCUT2D eigenvalue weighted by Gasteiger charge is 2.24. The second kappa shape index (κ2) is 8.34. The number of carbonyl (C=O) groups is 2. The summed E-state index contributed by atoms with van der Waals surface area (Å²) in [5, 5.41) is 7.93. The SMILES string of the molecule is CCOC(=O)c1c(NC(=O)c2nn(CC)c3ccc(Cl)cc3c2=O)sc(C)c1C. The van der Waals surface area contributed by atoms with Crippen molar-refractivity contribution < 1.29 is 14.3 Å². The Bertz CT molecular complexity index is 1180. The molecule has 0 aliphatic rings. The number of thiophene rings is 1. The highest BCUT2D eigenvalue weighted by molar-refractivity contribution is 7.16. The van der Waals surface area contributed by atoms with E-state index in [1.165, 1.54) is 17.4 Å². The molecule has 2 heterocycles. The summed E-state index contributed by atoms with van der Waals surface area (Å²) in [6, 6.07) is 4.88. The predicted molar refractivity (Wildman–Crippen MR) is 114 cm³/mol. The van der Waals surface area contributed by atoms with Crippen molar-refractivity contribution in [2.75, 3.05) is 11.9 Å². The number of ether oxygens (including phenoxy) is 1. The van der Waals surface area contributed by atoms with Crippen LogP contribution < -0.4 is 10.7 Å². The van der Waals surface area contributed by atoms with Gasteiger partial charge in [0.1, 0.15) is 5.00 Å². The largest absolute Gasteiger partial charge is 0.462 e.